The summed E-state index contributed by atoms with van der Waals surface area (Å²) in [5, 5.41) is 1.80. The van der Waals surface area contributed by atoms with Gasteiger partial charge in [-0.25, -0.2) is 0 Å². The highest BCUT2D eigenvalue weighted by atomic mass is 79.9. The number of allylic oxidation sites excluding steroid dienone is 1. The molecule has 4 nitrogen and oxygen atoms in total. The number of para-hydroxylation sites is 1. The molecule has 5 aromatic rings. The minimum Gasteiger partial charge on any atom is -0.321 e. The Bertz CT molecular complexity index is 1620. The van der Waals surface area contributed by atoms with Crippen LogP contribution in [-0.2, 0) is 0 Å². The third kappa shape index (κ3) is 4.03. The summed E-state index contributed by atoms with van der Waals surface area (Å²) in [6, 6.07) is 25.0. The van der Waals surface area contributed by atoms with E-state index in [-0.39, 0.29) is 11.3 Å². The van der Waals surface area contributed by atoms with Crippen LogP contribution in [0.3, 0.4) is 0 Å². The van der Waals surface area contributed by atoms with E-state index in [1.54, 1.807) is 12.1 Å². The van der Waals surface area contributed by atoms with E-state index in [1.165, 1.54) is 6.08 Å². The molecule has 0 atom stereocenters. The number of benzene rings is 3. The molecule has 0 spiro atoms. The van der Waals surface area contributed by atoms with E-state index >= 15 is 0 Å². The second-order valence-corrected chi connectivity index (χ2v) is 8.73. The molecule has 5 heteroatoms. The zero-order valence-electron chi connectivity index (χ0n) is 17.8. The third-order valence-corrected chi connectivity index (χ3v) is 6.13. The monoisotopic (exact) mass is 494 g/mol. The molecule has 0 radical (unpaired) electrons. The molecule has 5 rings (SSSR count). The number of hydrogen-bond acceptors (Lipinski definition) is 3. The van der Waals surface area contributed by atoms with Gasteiger partial charge in [0.1, 0.15) is 0 Å². The van der Waals surface area contributed by atoms with Crippen LogP contribution in [-0.4, -0.2) is 15.8 Å². The molecule has 33 heavy (non-hydrogen) atoms. The molecule has 0 saturated carbocycles. The quantitative estimate of drug-likeness (QED) is 0.223. The molecule has 2 aromatic heterocycles. The van der Waals surface area contributed by atoms with Crippen molar-refractivity contribution in [3.8, 4) is 11.1 Å². The van der Waals surface area contributed by atoms with Gasteiger partial charge in [-0.1, -0.05) is 64.5 Å². The summed E-state index contributed by atoms with van der Waals surface area (Å²) in [6.45, 7) is 1.85. The summed E-state index contributed by atoms with van der Waals surface area (Å²) < 4.78 is 0.912. The SMILES string of the molecule is Cc1nc2ccc(Br)cc2c(-c2ccccc2)c1C(=O)C=Cc1cc2ccccc2[nH]c1=O. The summed E-state index contributed by atoms with van der Waals surface area (Å²) >= 11 is 3.54. The molecular formula is C28H19BrN2O2. The number of pyridine rings is 2. The number of carbonyl (C=O) groups is 1. The highest BCUT2D eigenvalue weighted by Crippen LogP contribution is 2.35. The molecule has 0 aliphatic rings. The van der Waals surface area contributed by atoms with Crippen molar-refractivity contribution >= 4 is 49.6 Å². The Balaban J connectivity index is 1.67. The predicted octanol–water partition coefficient (Wildman–Crippen LogP) is 6.71. The molecule has 0 saturated heterocycles. The maximum Gasteiger partial charge on any atom is 0.255 e. The smallest absolute Gasteiger partial charge is 0.255 e. The Labute approximate surface area is 198 Å². The van der Waals surface area contributed by atoms with Crippen molar-refractivity contribution in [2.45, 2.75) is 6.92 Å². The van der Waals surface area contributed by atoms with Crippen LogP contribution >= 0.6 is 15.9 Å². The average Bonchev–Trinajstić information content (AvgIpc) is 2.82. The number of halogens is 1. The number of rotatable bonds is 4. The van der Waals surface area contributed by atoms with Crippen LogP contribution < -0.4 is 5.56 Å². The summed E-state index contributed by atoms with van der Waals surface area (Å²) in [4.78, 5) is 33.6. The number of aromatic nitrogens is 2. The predicted molar refractivity (Wildman–Crippen MR) is 138 cm³/mol. The second-order valence-electron chi connectivity index (χ2n) is 7.81. The summed E-state index contributed by atoms with van der Waals surface area (Å²) in [5.74, 6) is -0.201. The number of carbonyl (C=O) groups excluding carboxylic acids is 1. The van der Waals surface area contributed by atoms with Gasteiger partial charge in [0.2, 0.25) is 0 Å². The largest absolute Gasteiger partial charge is 0.321 e. The first-order chi connectivity index (χ1) is 16.0. The first-order valence-electron chi connectivity index (χ1n) is 10.5. The van der Waals surface area contributed by atoms with Crippen molar-refractivity contribution in [1.82, 2.24) is 9.97 Å². The number of aryl methyl sites for hydroxylation is 1. The lowest BCUT2D eigenvalue weighted by Crippen LogP contribution is -2.09. The van der Waals surface area contributed by atoms with Crippen molar-refractivity contribution in [3.05, 3.63) is 117 Å². The zero-order chi connectivity index (χ0) is 22.9. The topological polar surface area (TPSA) is 62.8 Å². The fourth-order valence-electron chi connectivity index (χ4n) is 4.10. The summed E-state index contributed by atoms with van der Waals surface area (Å²) in [6.07, 6.45) is 3.03. The van der Waals surface area contributed by atoms with E-state index in [4.69, 9.17) is 4.98 Å². The van der Waals surface area contributed by atoms with Crippen molar-refractivity contribution in [2.24, 2.45) is 0 Å². The number of nitrogens with one attached hydrogen (secondary N) is 1. The molecule has 0 aliphatic carbocycles. The Morgan fingerprint density at radius 3 is 2.55 bits per heavy atom. The summed E-state index contributed by atoms with van der Waals surface area (Å²) in [7, 11) is 0. The number of nitrogens with zero attached hydrogens (tertiary/aromatic N) is 1. The molecule has 0 bridgehead atoms. The van der Waals surface area contributed by atoms with Gasteiger partial charge in [0.05, 0.1) is 11.1 Å². The Morgan fingerprint density at radius 1 is 0.970 bits per heavy atom. The average molecular weight is 495 g/mol. The number of ketones is 1. The lowest BCUT2D eigenvalue weighted by Gasteiger charge is -2.14. The molecule has 0 amide bonds. The van der Waals surface area contributed by atoms with Crippen LogP contribution in [0, 0.1) is 6.92 Å². The molecule has 0 aliphatic heterocycles. The van der Waals surface area contributed by atoms with Gasteiger partial charge in [0.15, 0.2) is 5.78 Å². The minimum atomic E-state index is -0.238. The Morgan fingerprint density at radius 2 is 1.73 bits per heavy atom. The van der Waals surface area contributed by atoms with Crippen LogP contribution in [0.1, 0.15) is 21.6 Å². The molecule has 0 unspecified atom stereocenters. The maximum absolute atomic E-state index is 13.5. The van der Waals surface area contributed by atoms with Gasteiger partial charge in [0.25, 0.3) is 5.56 Å². The standard InChI is InChI=1S/C28H19BrN2O2/c1-17-26(25(32)14-11-20-15-19-9-5-6-10-23(19)31-28(20)33)27(18-7-3-2-4-8-18)22-16-21(29)12-13-24(22)30-17/h2-16H,1H3,(H,31,33). The number of fused-ring (bicyclic) bond motifs is 2. The van der Waals surface area contributed by atoms with Gasteiger partial charge < -0.3 is 4.98 Å². The van der Waals surface area contributed by atoms with E-state index < -0.39 is 0 Å². The van der Waals surface area contributed by atoms with E-state index in [0.29, 0.717) is 16.8 Å². The van der Waals surface area contributed by atoms with E-state index in [1.807, 2.05) is 79.7 Å². The Hall–Kier alpha value is -3.83. The van der Waals surface area contributed by atoms with Crippen molar-refractivity contribution in [2.75, 3.05) is 0 Å². The second kappa shape index (κ2) is 8.60. The van der Waals surface area contributed by atoms with Gasteiger partial charge in [0, 0.05) is 32.2 Å². The van der Waals surface area contributed by atoms with Crippen LogP contribution in [0.25, 0.3) is 39.0 Å². The van der Waals surface area contributed by atoms with Crippen molar-refractivity contribution in [3.63, 3.8) is 0 Å². The van der Waals surface area contributed by atoms with Crippen LogP contribution in [0.15, 0.2) is 94.2 Å². The maximum atomic E-state index is 13.5. The van der Waals surface area contributed by atoms with E-state index in [2.05, 4.69) is 20.9 Å². The van der Waals surface area contributed by atoms with Gasteiger partial charge in [-0.15, -0.1) is 0 Å². The Kier molecular flexibility index (Phi) is 5.48. The van der Waals surface area contributed by atoms with Gasteiger partial charge in [-0.3, -0.25) is 14.6 Å². The highest BCUT2D eigenvalue weighted by Gasteiger charge is 2.19. The van der Waals surface area contributed by atoms with Crippen molar-refractivity contribution in [1.29, 1.82) is 0 Å². The minimum absolute atomic E-state index is 0.201. The van der Waals surface area contributed by atoms with Crippen LogP contribution in [0.4, 0.5) is 0 Å². The third-order valence-electron chi connectivity index (χ3n) is 5.63. The number of hydrogen-bond donors (Lipinski definition) is 1. The van der Waals surface area contributed by atoms with Gasteiger partial charge >= 0.3 is 0 Å². The highest BCUT2D eigenvalue weighted by molar-refractivity contribution is 9.10. The lowest BCUT2D eigenvalue weighted by molar-refractivity contribution is 0.104. The van der Waals surface area contributed by atoms with E-state index in [9.17, 15) is 9.59 Å². The molecule has 1 N–H and O–H groups in total. The van der Waals surface area contributed by atoms with Gasteiger partial charge in [-0.05, 0) is 60.4 Å². The van der Waals surface area contributed by atoms with Crippen LogP contribution in [0.5, 0.6) is 0 Å². The molecule has 3 aromatic carbocycles. The van der Waals surface area contributed by atoms with Crippen molar-refractivity contribution < 1.29 is 4.79 Å². The number of H-pyrrole nitrogens is 1. The molecular weight excluding hydrogens is 476 g/mol. The van der Waals surface area contributed by atoms with E-state index in [0.717, 1.165) is 37.4 Å². The van der Waals surface area contributed by atoms with Gasteiger partial charge in [-0.2, -0.15) is 0 Å². The molecule has 160 valence electrons. The summed E-state index contributed by atoms with van der Waals surface area (Å²) in [5.41, 5.74) is 4.72. The normalized spacial score (nSPS) is 11.5. The lowest BCUT2D eigenvalue weighted by atomic mass is 9.92. The number of aromatic amines is 1. The molecule has 0 fully saturated rings. The first kappa shape index (κ1) is 21.0. The molecule has 2 heterocycles. The van der Waals surface area contributed by atoms with Crippen LogP contribution in [0.2, 0.25) is 0 Å². The first-order valence-corrected chi connectivity index (χ1v) is 11.3. The zero-order valence-corrected chi connectivity index (χ0v) is 19.4. The fraction of sp³-hybridized carbons (Fsp3) is 0.0357. The fourth-order valence-corrected chi connectivity index (χ4v) is 4.46.